The summed E-state index contributed by atoms with van der Waals surface area (Å²) in [7, 11) is 1.79. The van der Waals surface area contributed by atoms with Gasteiger partial charge in [-0.05, 0) is 32.4 Å². The van der Waals surface area contributed by atoms with Crippen molar-refractivity contribution in [1.29, 1.82) is 0 Å². The first kappa shape index (κ1) is 15.8. The lowest BCUT2D eigenvalue weighted by atomic mass is 10.2. The monoisotopic (exact) mass is 293 g/mol. The van der Waals surface area contributed by atoms with Gasteiger partial charge in [0, 0.05) is 25.7 Å². The number of nitrogens with zero attached hydrogens (tertiary/aromatic N) is 3. The minimum absolute atomic E-state index is 0.606. The minimum atomic E-state index is 0.606. The molecule has 0 spiro atoms. The second-order valence-corrected chi connectivity index (χ2v) is 5.37. The molecule has 0 aliphatic carbocycles. The maximum Gasteiger partial charge on any atom is 0.191 e. The molecule has 2 heterocycles. The van der Waals surface area contributed by atoms with E-state index < -0.39 is 0 Å². The SMILES string of the molecule is CCc1cc(CNC(=NC)NCC2CCCN2CC)on1. The number of rotatable bonds is 6. The Bertz CT molecular complexity index is 457. The summed E-state index contributed by atoms with van der Waals surface area (Å²) in [6.07, 6.45) is 3.45. The van der Waals surface area contributed by atoms with Crippen LogP contribution in [0.1, 0.15) is 38.1 Å². The molecule has 1 aromatic heterocycles. The van der Waals surface area contributed by atoms with E-state index >= 15 is 0 Å². The molecule has 6 heteroatoms. The highest BCUT2D eigenvalue weighted by Gasteiger charge is 2.22. The van der Waals surface area contributed by atoms with Crippen LogP contribution in [0.25, 0.3) is 0 Å². The highest BCUT2D eigenvalue weighted by atomic mass is 16.5. The van der Waals surface area contributed by atoms with Gasteiger partial charge in [-0.1, -0.05) is 19.0 Å². The van der Waals surface area contributed by atoms with Gasteiger partial charge >= 0.3 is 0 Å². The van der Waals surface area contributed by atoms with Crippen molar-refractivity contribution in [3.8, 4) is 0 Å². The van der Waals surface area contributed by atoms with Crippen LogP contribution in [-0.2, 0) is 13.0 Å². The topological polar surface area (TPSA) is 65.7 Å². The van der Waals surface area contributed by atoms with E-state index in [0.29, 0.717) is 12.6 Å². The van der Waals surface area contributed by atoms with Crippen molar-refractivity contribution in [2.24, 2.45) is 4.99 Å². The zero-order chi connectivity index (χ0) is 15.1. The molecule has 0 radical (unpaired) electrons. The van der Waals surface area contributed by atoms with E-state index in [2.05, 4.69) is 39.5 Å². The molecular weight excluding hydrogens is 266 g/mol. The van der Waals surface area contributed by atoms with Crippen molar-refractivity contribution in [3.63, 3.8) is 0 Å². The van der Waals surface area contributed by atoms with Crippen molar-refractivity contribution in [2.45, 2.75) is 45.7 Å². The van der Waals surface area contributed by atoms with Crippen molar-refractivity contribution in [3.05, 3.63) is 17.5 Å². The zero-order valence-electron chi connectivity index (χ0n) is 13.4. The molecule has 0 saturated carbocycles. The number of aliphatic imine (C=N–C) groups is 1. The molecule has 1 atom stereocenters. The van der Waals surface area contributed by atoms with Crippen molar-refractivity contribution in [2.75, 3.05) is 26.7 Å². The molecule has 0 aromatic carbocycles. The molecule has 2 rings (SSSR count). The average molecular weight is 293 g/mol. The molecular formula is C15H27N5O. The van der Waals surface area contributed by atoms with Gasteiger partial charge in [0.15, 0.2) is 11.7 Å². The summed E-state index contributed by atoms with van der Waals surface area (Å²) < 4.78 is 5.26. The standard InChI is InChI=1S/C15H27N5O/c1-4-12-9-14(21-19-12)11-18-15(16-3)17-10-13-7-6-8-20(13)5-2/h9,13H,4-8,10-11H2,1-3H3,(H2,16,17,18). The molecule has 1 aliphatic heterocycles. The van der Waals surface area contributed by atoms with E-state index in [9.17, 15) is 0 Å². The van der Waals surface area contributed by atoms with Gasteiger partial charge in [0.25, 0.3) is 0 Å². The van der Waals surface area contributed by atoms with Crippen LogP contribution in [0, 0.1) is 0 Å². The fraction of sp³-hybridized carbons (Fsp3) is 0.733. The molecule has 118 valence electrons. The molecule has 1 aliphatic rings. The summed E-state index contributed by atoms with van der Waals surface area (Å²) in [5, 5.41) is 10.7. The van der Waals surface area contributed by atoms with E-state index in [1.54, 1.807) is 7.05 Å². The Balaban J connectivity index is 1.75. The number of guanidine groups is 1. The fourth-order valence-corrected chi connectivity index (χ4v) is 2.75. The summed E-state index contributed by atoms with van der Waals surface area (Å²) in [5.41, 5.74) is 0.985. The molecule has 1 aromatic rings. The molecule has 1 saturated heterocycles. The molecule has 0 bridgehead atoms. The zero-order valence-corrected chi connectivity index (χ0v) is 13.4. The first-order valence-electron chi connectivity index (χ1n) is 7.89. The van der Waals surface area contributed by atoms with Crippen LogP contribution in [-0.4, -0.2) is 48.7 Å². The van der Waals surface area contributed by atoms with Gasteiger partial charge in [-0.15, -0.1) is 0 Å². The average Bonchev–Trinajstić information content (AvgIpc) is 3.15. The highest BCUT2D eigenvalue weighted by Crippen LogP contribution is 2.15. The Kier molecular flexibility index (Phi) is 6.04. The van der Waals surface area contributed by atoms with Gasteiger partial charge in [0.05, 0.1) is 12.2 Å². The molecule has 2 N–H and O–H groups in total. The lowest BCUT2D eigenvalue weighted by Gasteiger charge is -2.23. The number of hydrogen-bond acceptors (Lipinski definition) is 4. The normalized spacial score (nSPS) is 20.0. The Labute approximate surface area is 127 Å². The van der Waals surface area contributed by atoms with Crippen LogP contribution in [0.2, 0.25) is 0 Å². The lowest BCUT2D eigenvalue weighted by Crippen LogP contribution is -2.44. The maximum absolute atomic E-state index is 5.26. The Morgan fingerprint density at radius 3 is 3.00 bits per heavy atom. The van der Waals surface area contributed by atoms with Crippen LogP contribution in [0.4, 0.5) is 0 Å². The van der Waals surface area contributed by atoms with Gasteiger partial charge in [-0.2, -0.15) is 0 Å². The Hall–Kier alpha value is -1.56. The van der Waals surface area contributed by atoms with Crippen LogP contribution in [0.15, 0.2) is 15.6 Å². The third-order valence-corrected chi connectivity index (χ3v) is 4.03. The van der Waals surface area contributed by atoms with E-state index in [1.165, 1.54) is 19.4 Å². The predicted molar refractivity (Wildman–Crippen MR) is 84.4 cm³/mol. The minimum Gasteiger partial charge on any atom is -0.359 e. The summed E-state index contributed by atoms with van der Waals surface area (Å²) >= 11 is 0. The van der Waals surface area contributed by atoms with E-state index in [0.717, 1.165) is 36.9 Å². The van der Waals surface area contributed by atoms with Crippen molar-refractivity contribution >= 4 is 5.96 Å². The van der Waals surface area contributed by atoms with Crippen LogP contribution < -0.4 is 10.6 Å². The summed E-state index contributed by atoms with van der Waals surface area (Å²) in [6, 6.07) is 2.60. The second-order valence-electron chi connectivity index (χ2n) is 5.37. The number of likely N-dealkylation sites (N-methyl/N-ethyl adjacent to an activating group) is 1. The Morgan fingerprint density at radius 1 is 1.48 bits per heavy atom. The largest absolute Gasteiger partial charge is 0.359 e. The quantitative estimate of drug-likeness (QED) is 0.613. The van der Waals surface area contributed by atoms with E-state index in [1.807, 2.05) is 6.07 Å². The molecule has 1 fully saturated rings. The number of hydrogen-bond donors (Lipinski definition) is 2. The summed E-state index contributed by atoms with van der Waals surface area (Å²) in [4.78, 5) is 6.77. The third-order valence-electron chi connectivity index (χ3n) is 4.03. The first-order valence-corrected chi connectivity index (χ1v) is 7.89. The number of aryl methyl sites for hydroxylation is 1. The van der Waals surface area contributed by atoms with Crippen LogP contribution in [0.3, 0.4) is 0 Å². The van der Waals surface area contributed by atoms with Crippen LogP contribution >= 0.6 is 0 Å². The van der Waals surface area contributed by atoms with Crippen molar-refractivity contribution in [1.82, 2.24) is 20.7 Å². The molecule has 1 unspecified atom stereocenters. The fourth-order valence-electron chi connectivity index (χ4n) is 2.75. The highest BCUT2D eigenvalue weighted by molar-refractivity contribution is 5.79. The number of aromatic nitrogens is 1. The van der Waals surface area contributed by atoms with Gasteiger partial charge in [0.1, 0.15) is 0 Å². The summed E-state index contributed by atoms with van der Waals surface area (Å²) in [5.74, 6) is 1.65. The smallest absolute Gasteiger partial charge is 0.191 e. The first-order chi connectivity index (χ1) is 10.3. The van der Waals surface area contributed by atoms with E-state index in [4.69, 9.17) is 4.52 Å². The van der Waals surface area contributed by atoms with Gasteiger partial charge in [-0.25, -0.2) is 0 Å². The number of likely N-dealkylation sites (tertiary alicyclic amines) is 1. The van der Waals surface area contributed by atoms with Gasteiger partial charge in [0.2, 0.25) is 0 Å². The van der Waals surface area contributed by atoms with Crippen molar-refractivity contribution < 1.29 is 4.52 Å². The van der Waals surface area contributed by atoms with E-state index in [-0.39, 0.29) is 0 Å². The molecule has 6 nitrogen and oxygen atoms in total. The number of nitrogens with one attached hydrogen (secondary N) is 2. The third kappa shape index (κ3) is 4.46. The maximum atomic E-state index is 5.26. The Morgan fingerprint density at radius 2 is 2.33 bits per heavy atom. The van der Waals surface area contributed by atoms with Gasteiger partial charge < -0.3 is 15.2 Å². The van der Waals surface area contributed by atoms with Crippen LogP contribution in [0.5, 0.6) is 0 Å². The second kappa shape index (κ2) is 8.02. The lowest BCUT2D eigenvalue weighted by molar-refractivity contribution is 0.267. The summed E-state index contributed by atoms with van der Waals surface area (Å²) in [6.45, 7) is 8.17. The van der Waals surface area contributed by atoms with Gasteiger partial charge in [-0.3, -0.25) is 9.89 Å². The molecule has 0 amide bonds. The predicted octanol–water partition coefficient (Wildman–Crippen LogP) is 1.39. The molecule has 21 heavy (non-hydrogen) atoms.